The molecule has 1 heterocycles. The number of nitrogens with zero attached hydrogens (tertiary/aromatic N) is 1. The van der Waals surface area contributed by atoms with Crippen LogP contribution in [0, 0.1) is 11.8 Å². The summed E-state index contributed by atoms with van der Waals surface area (Å²) < 4.78 is 0. The Bertz CT molecular complexity index is 412. The number of likely N-dealkylation sites (N-methyl/N-ethyl adjacent to an activating group) is 1. The smallest absolute Gasteiger partial charge is 0.267 e. The van der Waals surface area contributed by atoms with Crippen LogP contribution in [0.2, 0.25) is 0 Å². The van der Waals surface area contributed by atoms with E-state index in [0.29, 0.717) is 11.8 Å². The van der Waals surface area contributed by atoms with Gasteiger partial charge in [0, 0.05) is 19.1 Å². The van der Waals surface area contributed by atoms with Gasteiger partial charge >= 0.3 is 0 Å². The third-order valence-electron chi connectivity index (χ3n) is 3.94. The van der Waals surface area contributed by atoms with Gasteiger partial charge in [0.2, 0.25) is 0 Å². The van der Waals surface area contributed by atoms with Crippen molar-refractivity contribution in [2.24, 2.45) is 23.3 Å². The lowest BCUT2D eigenvalue weighted by molar-refractivity contribution is -0.118. The predicted molar refractivity (Wildman–Crippen MR) is 75.9 cm³/mol. The molecule has 5 nitrogen and oxygen atoms in total. The van der Waals surface area contributed by atoms with E-state index in [9.17, 15) is 4.79 Å². The molecule has 19 heavy (non-hydrogen) atoms. The third kappa shape index (κ3) is 3.50. The maximum absolute atomic E-state index is 12.1. The minimum Gasteiger partial charge on any atom is -0.404 e. The van der Waals surface area contributed by atoms with Gasteiger partial charge in [0.1, 0.15) is 0 Å². The van der Waals surface area contributed by atoms with Crippen molar-refractivity contribution in [3.63, 3.8) is 0 Å². The number of allylic oxidation sites excluding steroid dienone is 2. The maximum Gasteiger partial charge on any atom is 0.267 e. The van der Waals surface area contributed by atoms with Crippen LogP contribution in [-0.4, -0.2) is 37.0 Å². The molecule has 0 spiro atoms. The number of likely N-dealkylation sites (tertiary alicyclic amines) is 1. The molecule has 0 aromatic carbocycles. The molecule has 5 heteroatoms. The molecule has 2 unspecified atom stereocenters. The van der Waals surface area contributed by atoms with Crippen LogP contribution in [0.25, 0.3) is 0 Å². The minimum atomic E-state index is -0.188. The van der Waals surface area contributed by atoms with Gasteiger partial charge in [-0.2, -0.15) is 0 Å². The highest BCUT2D eigenvalue weighted by molar-refractivity contribution is 5.93. The number of hydrogen-bond acceptors (Lipinski definition) is 4. The van der Waals surface area contributed by atoms with Gasteiger partial charge < -0.3 is 21.7 Å². The van der Waals surface area contributed by atoms with Crippen molar-refractivity contribution in [2.75, 3.05) is 20.1 Å². The van der Waals surface area contributed by atoms with E-state index in [0.717, 1.165) is 31.5 Å². The molecular formula is C14H24N4O. The second-order valence-corrected chi connectivity index (χ2v) is 5.82. The molecule has 1 saturated carbocycles. The SMILES string of the molecule is CC1CN(C)CC1NC(=O)/C(N)=C/C(=C\N)C1CC1. The molecule has 0 bridgehead atoms. The summed E-state index contributed by atoms with van der Waals surface area (Å²) in [5.74, 6) is 0.759. The predicted octanol–water partition coefficient (Wildman–Crippen LogP) is 0.148. The summed E-state index contributed by atoms with van der Waals surface area (Å²) in [6, 6.07) is 0.177. The van der Waals surface area contributed by atoms with E-state index < -0.39 is 0 Å². The van der Waals surface area contributed by atoms with Gasteiger partial charge in [-0.15, -0.1) is 0 Å². The molecule has 2 fully saturated rings. The van der Waals surface area contributed by atoms with Crippen LogP contribution < -0.4 is 16.8 Å². The third-order valence-corrected chi connectivity index (χ3v) is 3.94. The molecule has 1 saturated heterocycles. The monoisotopic (exact) mass is 264 g/mol. The molecule has 2 atom stereocenters. The summed E-state index contributed by atoms with van der Waals surface area (Å²) >= 11 is 0. The molecular weight excluding hydrogens is 240 g/mol. The van der Waals surface area contributed by atoms with Crippen LogP contribution in [0.1, 0.15) is 19.8 Å². The highest BCUT2D eigenvalue weighted by atomic mass is 16.2. The second kappa shape index (κ2) is 5.65. The van der Waals surface area contributed by atoms with Crippen molar-refractivity contribution in [3.8, 4) is 0 Å². The van der Waals surface area contributed by atoms with Crippen molar-refractivity contribution in [1.29, 1.82) is 0 Å². The van der Waals surface area contributed by atoms with Gasteiger partial charge in [-0.25, -0.2) is 0 Å². The molecule has 2 aliphatic rings. The lowest BCUT2D eigenvalue weighted by atomic mass is 10.1. The zero-order valence-electron chi connectivity index (χ0n) is 11.7. The molecule has 1 aliphatic carbocycles. The number of hydrogen-bond donors (Lipinski definition) is 3. The van der Waals surface area contributed by atoms with E-state index in [1.165, 1.54) is 0 Å². The molecule has 2 rings (SSSR count). The molecule has 0 radical (unpaired) electrons. The van der Waals surface area contributed by atoms with Crippen LogP contribution >= 0.6 is 0 Å². The molecule has 0 aromatic rings. The van der Waals surface area contributed by atoms with Crippen LogP contribution in [0.3, 0.4) is 0 Å². The van der Waals surface area contributed by atoms with Gasteiger partial charge in [0.05, 0.1) is 5.70 Å². The number of amides is 1. The van der Waals surface area contributed by atoms with Gasteiger partial charge in [-0.1, -0.05) is 6.92 Å². The van der Waals surface area contributed by atoms with E-state index in [2.05, 4.69) is 24.2 Å². The molecule has 106 valence electrons. The number of carbonyl (C=O) groups excluding carboxylic acids is 1. The van der Waals surface area contributed by atoms with E-state index in [-0.39, 0.29) is 17.6 Å². The molecule has 5 N–H and O–H groups in total. The van der Waals surface area contributed by atoms with Crippen LogP contribution in [-0.2, 0) is 4.79 Å². The van der Waals surface area contributed by atoms with Gasteiger partial charge in [0.15, 0.2) is 0 Å². The number of nitrogens with two attached hydrogens (primary N) is 2. The largest absolute Gasteiger partial charge is 0.404 e. The first-order chi connectivity index (χ1) is 9.01. The second-order valence-electron chi connectivity index (χ2n) is 5.82. The van der Waals surface area contributed by atoms with Gasteiger partial charge in [-0.05, 0) is 49.6 Å². The van der Waals surface area contributed by atoms with Crippen molar-refractivity contribution in [2.45, 2.75) is 25.8 Å². The van der Waals surface area contributed by atoms with Crippen molar-refractivity contribution in [1.82, 2.24) is 10.2 Å². The Morgan fingerprint density at radius 3 is 2.53 bits per heavy atom. The van der Waals surface area contributed by atoms with E-state index in [1.54, 1.807) is 12.3 Å². The van der Waals surface area contributed by atoms with E-state index in [1.807, 2.05) is 0 Å². The zero-order chi connectivity index (χ0) is 14.0. The first-order valence-corrected chi connectivity index (χ1v) is 6.89. The topological polar surface area (TPSA) is 84.4 Å². The summed E-state index contributed by atoms with van der Waals surface area (Å²) in [6.07, 6.45) is 5.55. The number of rotatable bonds is 4. The summed E-state index contributed by atoms with van der Waals surface area (Å²) in [5.41, 5.74) is 12.7. The van der Waals surface area contributed by atoms with Crippen molar-refractivity contribution < 1.29 is 4.79 Å². The van der Waals surface area contributed by atoms with Crippen molar-refractivity contribution >= 4 is 5.91 Å². The van der Waals surface area contributed by atoms with Crippen LogP contribution in [0.15, 0.2) is 23.5 Å². The maximum atomic E-state index is 12.1. The van der Waals surface area contributed by atoms with Gasteiger partial charge in [-0.3, -0.25) is 4.79 Å². The Balaban J connectivity index is 1.93. The normalized spacial score (nSPS) is 29.6. The summed E-state index contributed by atoms with van der Waals surface area (Å²) in [5, 5.41) is 3.01. The Hall–Kier alpha value is -1.49. The standard InChI is InChI=1S/C14H24N4O/c1-9-7-18(2)8-13(9)17-14(19)12(16)5-11(6-15)10-3-4-10/h5-6,9-10,13H,3-4,7-8,15-16H2,1-2H3,(H,17,19)/b11-6+,12-5-. The first-order valence-electron chi connectivity index (χ1n) is 6.89. The van der Waals surface area contributed by atoms with Crippen LogP contribution in [0.4, 0.5) is 0 Å². The summed E-state index contributed by atoms with van der Waals surface area (Å²) in [4.78, 5) is 14.3. The van der Waals surface area contributed by atoms with Crippen molar-refractivity contribution in [3.05, 3.63) is 23.5 Å². The Labute approximate surface area is 114 Å². The molecule has 0 aromatic heterocycles. The van der Waals surface area contributed by atoms with E-state index >= 15 is 0 Å². The highest BCUT2D eigenvalue weighted by Gasteiger charge is 2.29. The lowest BCUT2D eigenvalue weighted by Gasteiger charge is -2.16. The first kappa shape index (κ1) is 13.9. The number of nitrogens with one attached hydrogen (secondary N) is 1. The molecule has 1 aliphatic heterocycles. The van der Waals surface area contributed by atoms with Crippen LogP contribution in [0.5, 0.6) is 0 Å². The van der Waals surface area contributed by atoms with Gasteiger partial charge in [0.25, 0.3) is 5.91 Å². The highest BCUT2D eigenvalue weighted by Crippen LogP contribution is 2.36. The average Bonchev–Trinajstić information content (AvgIpc) is 3.14. The quantitative estimate of drug-likeness (QED) is 0.498. The zero-order valence-corrected chi connectivity index (χ0v) is 11.7. The van der Waals surface area contributed by atoms with E-state index in [4.69, 9.17) is 11.5 Å². The average molecular weight is 264 g/mol. The fraction of sp³-hybridized carbons (Fsp3) is 0.643. The fourth-order valence-electron chi connectivity index (χ4n) is 2.61. The Morgan fingerprint density at radius 1 is 1.37 bits per heavy atom. The number of carbonyl (C=O) groups is 1. The minimum absolute atomic E-state index is 0.177. The fourth-order valence-corrected chi connectivity index (χ4v) is 2.61. The summed E-state index contributed by atoms with van der Waals surface area (Å²) in [6.45, 7) is 4.02. The molecule has 1 amide bonds. The Kier molecular flexibility index (Phi) is 4.14. The summed E-state index contributed by atoms with van der Waals surface area (Å²) in [7, 11) is 2.06. The lowest BCUT2D eigenvalue weighted by Crippen LogP contribution is -2.41. The Morgan fingerprint density at radius 2 is 2.05 bits per heavy atom.